The minimum Gasteiger partial charge on any atom is -0.487 e. The fraction of sp³-hybridized carbons (Fsp3) is 0.125. The first-order valence-electron chi connectivity index (χ1n) is 9.90. The van der Waals surface area contributed by atoms with Crippen LogP contribution in [-0.2, 0) is 13.2 Å². The number of aryl methyl sites for hydroxylation is 1. The second-order valence-electron chi connectivity index (χ2n) is 7.15. The Morgan fingerprint density at radius 1 is 1.06 bits per heavy atom. The standard InChI is InChI=1S/C24H20F2N4O2/c1-16-8-9-19(32-15-18-5-2-3-11-27-18)13-17(16)14-30-12-10-22(29-30)28-24(31)23-20(25)6-4-7-21(23)26/h2-13H,14-15H2,1H3,(H,28,29,31). The van der Waals surface area contributed by atoms with Crippen LogP contribution in [0.1, 0.15) is 27.2 Å². The number of rotatable bonds is 7. The summed E-state index contributed by atoms with van der Waals surface area (Å²) in [5, 5.41) is 6.71. The van der Waals surface area contributed by atoms with Crippen molar-refractivity contribution in [2.24, 2.45) is 0 Å². The summed E-state index contributed by atoms with van der Waals surface area (Å²) in [5.74, 6) is -1.86. The van der Waals surface area contributed by atoms with Gasteiger partial charge in [0.1, 0.15) is 29.6 Å². The van der Waals surface area contributed by atoms with Crippen LogP contribution in [0.5, 0.6) is 5.75 Å². The number of aromatic nitrogens is 3. The molecule has 1 amide bonds. The first-order chi connectivity index (χ1) is 15.5. The number of pyridine rings is 1. The van der Waals surface area contributed by atoms with Crippen LogP contribution in [0.3, 0.4) is 0 Å². The molecule has 0 aliphatic rings. The van der Waals surface area contributed by atoms with Crippen molar-refractivity contribution in [3.8, 4) is 5.75 Å². The number of nitrogens with one attached hydrogen (secondary N) is 1. The zero-order chi connectivity index (χ0) is 22.5. The maximum absolute atomic E-state index is 13.8. The molecule has 4 rings (SSSR count). The number of ether oxygens (including phenoxy) is 1. The Morgan fingerprint density at radius 3 is 2.62 bits per heavy atom. The molecule has 0 radical (unpaired) electrons. The van der Waals surface area contributed by atoms with E-state index in [-0.39, 0.29) is 5.82 Å². The van der Waals surface area contributed by atoms with Crippen molar-refractivity contribution in [3.63, 3.8) is 0 Å². The summed E-state index contributed by atoms with van der Waals surface area (Å²) in [6.45, 7) is 2.76. The average molecular weight is 434 g/mol. The second-order valence-corrected chi connectivity index (χ2v) is 7.15. The molecular formula is C24H20F2N4O2. The van der Waals surface area contributed by atoms with Gasteiger partial charge < -0.3 is 10.1 Å². The highest BCUT2D eigenvalue weighted by Gasteiger charge is 2.18. The predicted molar refractivity (Wildman–Crippen MR) is 115 cm³/mol. The third-order valence-electron chi connectivity index (χ3n) is 4.84. The van der Waals surface area contributed by atoms with Crippen molar-refractivity contribution < 1.29 is 18.3 Å². The molecule has 8 heteroatoms. The van der Waals surface area contributed by atoms with E-state index < -0.39 is 23.1 Å². The van der Waals surface area contributed by atoms with E-state index in [0.29, 0.717) is 18.9 Å². The van der Waals surface area contributed by atoms with Crippen LogP contribution < -0.4 is 10.1 Å². The van der Waals surface area contributed by atoms with Crippen LogP contribution in [0.15, 0.2) is 73.1 Å². The van der Waals surface area contributed by atoms with Gasteiger partial charge in [-0.1, -0.05) is 18.2 Å². The van der Waals surface area contributed by atoms with Crippen molar-refractivity contribution in [1.82, 2.24) is 14.8 Å². The SMILES string of the molecule is Cc1ccc(OCc2ccccn2)cc1Cn1ccc(NC(=O)c2c(F)cccc2F)n1. The molecule has 0 unspecified atom stereocenters. The Hall–Kier alpha value is -4.07. The van der Waals surface area contributed by atoms with Crippen LogP contribution in [0.2, 0.25) is 0 Å². The Morgan fingerprint density at radius 2 is 1.88 bits per heavy atom. The molecule has 0 atom stereocenters. The maximum atomic E-state index is 13.8. The van der Waals surface area contributed by atoms with Gasteiger partial charge in [-0.15, -0.1) is 0 Å². The van der Waals surface area contributed by atoms with Crippen molar-refractivity contribution in [2.75, 3.05) is 5.32 Å². The van der Waals surface area contributed by atoms with E-state index in [0.717, 1.165) is 29.0 Å². The zero-order valence-electron chi connectivity index (χ0n) is 17.3. The van der Waals surface area contributed by atoms with Crippen LogP contribution in [-0.4, -0.2) is 20.7 Å². The normalized spacial score (nSPS) is 10.7. The monoisotopic (exact) mass is 434 g/mol. The fourth-order valence-electron chi connectivity index (χ4n) is 3.13. The summed E-state index contributed by atoms with van der Waals surface area (Å²) < 4.78 is 35.1. The number of hydrogen-bond acceptors (Lipinski definition) is 4. The van der Waals surface area contributed by atoms with Crippen molar-refractivity contribution in [1.29, 1.82) is 0 Å². The van der Waals surface area contributed by atoms with Gasteiger partial charge in [0, 0.05) is 18.5 Å². The average Bonchev–Trinajstić information content (AvgIpc) is 3.21. The summed E-state index contributed by atoms with van der Waals surface area (Å²) in [4.78, 5) is 16.5. The molecule has 162 valence electrons. The molecule has 6 nitrogen and oxygen atoms in total. The highest BCUT2D eigenvalue weighted by atomic mass is 19.1. The Bertz CT molecular complexity index is 1220. The highest BCUT2D eigenvalue weighted by Crippen LogP contribution is 2.20. The van der Waals surface area contributed by atoms with E-state index in [1.165, 1.54) is 6.07 Å². The van der Waals surface area contributed by atoms with Crippen LogP contribution in [0.4, 0.5) is 14.6 Å². The lowest BCUT2D eigenvalue weighted by Crippen LogP contribution is -2.16. The number of carbonyl (C=O) groups is 1. The summed E-state index contributed by atoms with van der Waals surface area (Å²) in [6, 6.07) is 16.2. The van der Waals surface area contributed by atoms with Crippen LogP contribution >= 0.6 is 0 Å². The summed E-state index contributed by atoms with van der Waals surface area (Å²) >= 11 is 0. The molecule has 0 bridgehead atoms. The number of carbonyl (C=O) groups excluding carboxylic acids is 1. The molecule has 0 saturated carbocycles. The molecule has 2 aromatic carbocycles. The van der Waals surface area contributed by atoms with Gasteiger partial charge >= 0.3 is 0 Å². The molecular weight excluding hydrogens is 414 g/mol. The zero-order valence-corrected chi connectivity index (χ0v) is 17.3. The van der Waals surface area contributed by atoms with E-state index in [4.69, 9.17) is 4.74 Å². The second kappa shape index (κ2) is 9.38. The topological polar surface area (TPSA) is 69.0 Å². The lowest BCUT2D eigenvalue weighted by atomic mass is 10.1. The molecule has 32 heavy (non-hydrogen) atoms. The Kier molecular flexibility index (Phi) is 6.21. The van der Waals surface area contributed by atoms with Gasteiger partial charge in [0.05, 0.1) is 12.2 Å². The third-order valence-corrected chi connectivity index (χ3v) is 4.84. The molecule has 1 N–H and O–H groups in total. The minimum atomic E-state index is -0.930. The number of nitrogens with zero attached hydrogens (tertiary/aromatic N) is 3. The molecule has 0 aliphatic carbocycles. The molecule has 0 saturated heterocycles. The Labute approximate surface area is 183 Å². The van der Waals surface area contributed by atoms with Gasteiger partial charge in [0.2, 0.25) is 0 Å². The summed E-state index contributed by atoms with van der Waals surface area (Å²) in [6.07, 6.45) is 3.39. The van der Waals surface area contributed by atoms with Crippen molar-refractivity contribution in [2.45, 2.75) is 20.1 Å². The van der Waals surface area contributed by atoms with E-state index in [1.54, 1.807) is 23.1 Å². The van der Waals surface area contributed by atoms with Gasteiger partial charge in [-0.25, -0.2) is 8.78 Å². The molecule has 2 aromatic heterocycles. The van der Waals surface area contributed by atoms with E-state index in [9.17, 15) is 13.6 Å². The largest absolute Gasteiger partial charge is 0.487 e. The molecule has 4 aromatic rings. The van der Waals surface area contributed by atoms with Gasteiger partial charge in [0.25, 0.3) is 5.91 Å². The van der Waals surface area contributed by atoms with Crippen LogP contribution in [0.25, 0.3) is 0 Å². The van der Waals surface area contributed by atoms with Gasteiger partial charge in [-0.2, -0.15) is 5.10 Å². The Balaban J connectivity index is 1.43. The van der Waals surface area contributed by atoms with Crippen molar-refractivity contribution >= 4 is 11.7 Å². The molecule has 2 heterocycles. The molecule has 0 aliphatic heterocycles. The number of benzene rings is 2. The highest BCUT2D eigenvalue weighted by molar-refractivity contribution is 6.04. The fourth-order valence-corrected chi connectivity index (χ4v) is 3.13. The van der Waals surface area contributed by atoms with Gasteiger partial charge in [-0.3, -0.25) is 14.5 Å². The minimum absolute atomic E-state index is 0.192. The summed E-state index contributed by atoms with van der Waals surface area (Å²) in [7, 11) is 0. The lowest BCUT2D eigenvalue weighted by molar-refractivity contribution is 0.101. The molecule has 0 spiro atoms. The van der Waals surface area contributed by atoms with E-state index >= 15 is 0 Å². The summed E-state index contributed by atoms with van der Waals surface area (Å²) in [5.41, 5.74) is 2.21. The number of amides is 1. The first kappa shape index (κ1) is 21.2. The quantitative estimate of drug-likeness (QED) is 0.456. The smallest absolute Gasteiger partial charge is 0.262 e. The van der Waals surface area contributed by atoms with Crippen LogP contribution in [0, 0.1) is 18.6 Å². The maximum Gasteiger partial charge on any atom is 0.262 e. The number of anilines is 1. The van der Waals surface area contributed by atoms with Crippen molar-refractivity contribution in [3.05, 3.63) is 107 Å². The van der Waals surface area contributed by atoms with E-state index in [1.807, 2.05) is 43.3 Å². The van der Waals surface area contributed by atoms with Gasteiger partial charge in [-0.05, 0) is 54.4 Å². The third kappa shape index (κ3) is 4.97. The number of halogens is 2. The first-order valence-corrected chi connectivity index (χ1v) is 9.90. The lowest BCUT2D eigenvalue weighted by Gasteiger charge is -2.11. The molecule has 0 fully saturated rings. The number of hydrogen-bond donors (Lipinski definition) is 1. The predicted octanol–water partition coefficient (Wildman–Crippen LogP) is 4.74. The van der Waals surface area contributed by atoms with Gasteiger partial charge in [0.15, 0.2) is 5.82 Å². The van der Waals surface area contributed by atoms with E-state index in [2.05, 4.69) is 15.4 Å².